The standard InChI is InChI=1S/C19H19NOS/c1-14(2)13-20-17(15-9-5-3-6-10-15)18(22-19(20)21)16-11-7-4-8-12-16/h3-12,14H,13H2,1-2H3. The summed E-state index contributed by atoms with van der Waals surface area (Å²) in [7, 11) is 0. The average Bonchev–Trinajstić information content (AvgIpc) is 2.85. The number of benzene rings is 2. The van der Waals surface area contributed by atoms with E-state index in [1.807, 2.05) is 41.0 Å². The van der Waals surface area contributed by atoms with Crippen LogP contribution in [0.2, 0.25) is 0 Å². The zero-order valence-electron chi connectivity index (χ0n) is 12.8. The summed E-state index contributed by atoms with van der Waals surface area (Å²) in [5.74, 6) is 0.429. The first kappa shape index (κ1) is 14.8. The van der Waals surface area contributed by atoms with E-state index in [0.717, 1.165) is 28.2 Å². The van der Waals surface area contributed by atoms with Gasteiger partial charge in [-0.2, -0.15) is 0 Å². The minimum Gasteiger partial charge on any atom is -0.298 e. The van der Waals surface area contributed by atoms with Gasteiger partial charge in [-0.1, -0.05) is 85.8 Å². The quantitative estimate of drug-likeness (QED) is 0.672. The Balaban J connectivity index is 2.25. The second kappa shape index (κ2) is 6.32. The van der Waals surface area contributed by atoms with E-state index >= 15 is 0 Å². The molecule has 112 valence electrons. The van der Waals surface area contributed by atoms with Crippen LogP contribution in [0.15, 0.2) is 65.5 Å². The molecule has 2 nitrogen and oxygen atoms in total. The van der Waals surface area contributed by atoms with Crippen LogP contribution >= 0.6 is 11.3 Å². The fourth-order valence-electron chi connectivity index (χ4n) is 2.60. The van der Waals surface area contributed by atoms with Gasteiger partial charge >= 0.3 is 4.87 Å². The Labute approximate surface area is 134 Å². The number of aromatic nitrogens is 1. The highest BCUT2D eigenvalue weighted by atomic mass is 32.1. The van der Waals surface area contributed by atoms with Crippen LogP contribution in [0.3, 0.4) is 0 Å². The van der Waals surface area contributed by atoms with E-state index in [-0.39, 0.29) is 4.87 Å². The van der Waals surface area contributed by atoms with Crippen molar-refractivity contribution in [3.05, 3.63) is 70.3 Å². The minimum absolute atomic E-state index is 0.117. The van der Waals surface area contributed by atoms with Gasteiger partial charge in [0.15, 0.2) is 0 Å². The predicted molar refractivity (Wildman–Crippen MR) is 94.3 cm³/mol. The first-order chi connectivity index (χ1) is 10.7. The molecular weight excluding hydrogens is 290 g/mol. The van der Waals surface area contributed by atoms with Crippen molar-refractivity contribution in [2.45, 2.75) is 20.4 Å². The third kappa shape index (κ3) is 2.90. The Morgan fingerprint density at radius 2 is 1.45 bits per heavy atom. The fourth-order valence-corrected chi connectivity index (χ4v) is 3.63. The third-order valence-corrected chi connectivity index (χ3v) is 4.55. The van der Waals surface area contributed by atoms with Crippen LogP contribution in [-0.4, -0.2) is 4.57 Å². The van der Waals surface area contributed by atoms with Gasteiger partial charge in [0, 0.05) is 6.54 Å². The van der Waals surface area contributed by atoms with Crippen molar-refractivity contribution in [3.63, 3.8) is 0 Å². The molecule has 3 heteroatoms. The molecule has 0 saturated heterocycles. The molecule has 0 saturated carbocycles. The number of hydrogen-bond donors (Lipinski definition) is 0. The van der Waals surface area contributed by atoms with Gasteiger partial charge in [-0.05, 0) is 17.0 Å². The molecule has 0 aliphatic rings. The van der Waals surface area contributed by atoms with E-state index in [4.69, 9.17) is 0 Å². The summed E-state index contributed by atoms with van der Waals surface area (Å²) in [6, 6.07) is 20.4. The van der Waals surface area contributed by atoms with Crippen molar-refractivity contribution in [3.8, 4) is 21.7 Å². The Bertz CT molecular complexity index is 800. The van der Waals surface area contributed by atoms with Crippen molar-refractivity contribution >= 4 is 11.3 Å². The summed E-state index contributed by atoms with van der Waals surface area (Å²) in [6.07, 6.45) is 0. The lowest BCUT2D eigenvalue weighted by molar-refractivity contribution is 0.522. The third-order valence-electron chi connectivity index (χ3n) is 3.53. The van der Waals surface area contributed by atoms with E-state index in [9.17, 15) is 4.79 Å². The number of thiazole rings is 1. The van der Waals surface area contributed by atoms with Crippen LogP contribution in [0.5, 0.6) is 0 Å². The van der Waals surface area contributed by atoms with Crippen molar-refractivity contribution in [2.75, 3.05) is 0 Å². The van der Waals surface area contributed by atoms with Gasteiger partial charge < -0.3 is 0 Å². The largest absolute Gasteiger partial charge is 0.308 e. The maximum atomic E-state index is 12.5. The summed E-state index contributed by atoms with van der Waals surface area (Å²) in [5, 5.41) is 0. The Kier molecular flexibility index (Phi) is 4.25. The van der Waals surface area contributed by atoms with Crippen molar-refractivity contribution in [1.82, 2.24) is 4.57 Å². The summed E-state index contributed by atoms with van der Waals surface area (Å²) >= 11 is 1.34. The topological polar surface area (TPSA) is 22.0 Å². The molecule has 0 unspecified atom stereocenters. The van der Waals surface area contributed by atoms with Crippen LogP contribution in [0, 0.1) is 5.92 Å². The molecule has 1 aromatic heterocycles. The molecule has 0 atom stereocenters. The lowest BCUT2D eigenvalue weighted by Gasteiger charge is -2.12. The molecule has 0 amide bonds. The van der Waals surface area contributed by atoms with Crippen LogP contribution in [0.1, 0.15) is 13.8 Å². The second-order valence-corrected chi connectivity index (χ2v) is 6.74. The van der Waals surface area contributed by atoms with Crippen molar-refractivity contribution in [1.29, 1.82) is 0 Å². The molecule has 22 heavy (non-hydrogen) atoms. The van der Waals surface area contributed by atoms with E-state index in [2.05, 4.69) is 38.1 Å². The molecule has 3 aromatic rings. The molecule has 0 N–H and O–H groups in total. The van der Waals surface area contributed by atoms with Crippen LogP contribution in [-0.2, 0) is 6.54 Å². The van der Waals surface area contributed by atoms with E-state index in [1.54, 1.807) is 0 Å². The molecule has 0 bridgehead atoms. The predicted octanol–water partition coefficient (Wildman–Crippen LogP) is 4.90. The first-order valence-electron chi connectivity index (χ1n) is 7.51. The molecule has 0 aliphatic carbocycles. The molecule has 0 aliphatic heterocycles. The van der Waals surface area contributed by atoms with Gasteiger partial charge in [0.05, 0.1) is 10.6 Å². The maximum Gasteiger partial charge on any atom is 0.308 e. The Morgan fingerprint density at radius 1 is 0.909 bits per heavy atom. The van der Waals surface area contributed by atoms with E-state index in [0.29, 0.717) is 5.92 Å². The molecule has 0 spiro atoms. The Hall–Kier alpha value is -2.13. The molecule has 2 aromatic carbocycles. The summed E-state index contributed by atoms with van der Waals surface area (Å²) in [5.41, 5.74) is 3.24. The average molecular weight is 309 g/mol. The second-order valence-electron chi connectivity index (χ2n) is 5.78. The number of hydrogen-bond acceptors (Lipinski definition) is 2. The highest BCUT2D eigenvalue weighted by molar-refractivity contribution is 7.13. The highest BCUT2D eigenvalue weighted by Crippen LogP contribution is 2.34. The summed E-state index contributed by atoms with van der Waals surface area (Å²) < 4.78 is 1.92. The minimum atomic E-state index is 0.117. The Morgan fingerprint density at radius 3 is 2.00 bits per heavy atom. The first-order valence-corrected chi connectivity index (χ1v) is 8.33. The van der Waals surface area contributed by atoms with Gasteiger partial charge in [0.1, 0.15) is 0 Å². The van der Waals surface area contributed by atoms with Crippen molar-refractivity contribution in [2.24, 2.45) is 5.92 Å². The maximum absolute atomic E-state index is 12.5. The molecule has 0 fully saturated rings. The van der Waals surface area contributed by atoms with E-state index < -0.39 is 0 Å². The van der Waals surface area contributed by atoms with Gasteiger partial charge in [0.25, 0.3) is 0 Å². The van der Waals surface area contributed by atoms with Crippen molar-refractivity contribution < 1.29 is 0 Å². The highest BCUT2D eigenvalue weighted by Gasteiger charge is 2.18. The number of nitrogens with zero attached hydrogens (tertiary/aromatic N) is 1. The normalized spacial score (nSPS) is 11.0. The fraction of sp³-hybridized carbons (Fsp3) is 0.211. The molecule has 3 rings (SSSR count). The zero-order chi connectivity index (χ0) is 15.5. The SMILES string of the molecule is CC(C)Cn1c(-c2ccccc2)c(-c2ccccc2)sc1=O. The molecule has 0 radical (unpaired) electrons. The lowest BCUT2D eigenvalue weighted by atomic mass is 10.1. The lowest BCUT2D eigenvalue weighted by Crippen LogP contribution is -2.17. The number of rotatable bonds is 4. The van der Waals surface area contributed by atoms with Gasteiger partial charge in [-0.3, -0.25) is 9.36 Å². The van der Waals surface area contributed by atoms with Gasteiger partial charge in [-0.15, -0.1) is 0 Å². The van der Waals surface area contributed by atoms with Crippen LogP contribution in [0.4, 0.5) is 0 Å². The molecule has 1 heterocycles. The summed E-state index contributed by atoms with van der Waals surface area (Å²) in [6.45, 7) is 5.02. The monoisotopic (exact) mass is 309 g/mol. The van der Waals surface area contributed by atoms with Gasteiger partial charge in [-0.25, -0.2) is 0 Å². The van der Waals surface area contributed by atoms with Gasteiger partial charge in [0.2, 0.25) is 0 Å². The zero-order valence-corrected chi connectivity index (χ0v) is 13.6. The van der Waals surface area contributed by atoms with E-state index in [1.165, 1.54) is 11.3 Å². The van der Waals surface area contributed by atoms with Crippen LogP contribution < -0.4 is 4.87 Å². The summed E-state index contributed by atoms with van der Waals surface area (Å²) in [4.78, 5) is 13.7. The smallest absolute Gasteiger partial charge is 0.298 e. The molecular formula is C19H19NOS. The van der Waals surface area contributed by atoms with Crippen LogP contribution in [0.25, 0.3) is 21.7 Å².